The first-order valence-electron chi connectivity index (χ1n) is 6.52. The Morgan fingerprint density at radius 3 is 2.78 bits per heavy atom. The number of hydrogen-bond donors (Lipinski definition) is 1. The monoisotopic (exact) mass is 268 g/mol. The molecule has 0 spiro atoms. The minimum Gasteiger partial charge on any atom is -0.492 e. The molecule has 1 aliphatic heterocycles. The predicted molar refractivity (Wildman–Crippen MR) is 75.3 cm³/mol. The van der Waals surface area contributed by atoms with Crippen molar-refractivity contribution in [1.82, 2.24) is 4.90 Å². The molecule has 0 saturated carbocycles. The molecule has 18 heavy (non-hydrogen) atoms. The number of piperidine rings is 1. The maximum atomic E-state index is 5.97. The van der Waals surface area contributed by atoms with Crippen LogP contribution in [0.1, 0.15) is 18.4 Å². The average molecular weight is 269 g/mol. The molecule has 100 valence electrons. The summed E-state index contributed by atoms with van der Waals surface area (Å²) in [5.41, 5.74) is 6.93. The molecule has 4 heteroatoms. The summed E-state index contributed by atoms with van der Waals surface area (Å²) in [7, 11) is 0. The smallest absolute Gasteiger partial charge is 0.119 e. The third-order valence-electron chi connectivity index (χ3n) is 3.44. The third kappa shape index (κ3) is 3.87. The maximum absolute atomic E-state index is 5.97. The molecule has 1 aliphatic rings. The second kappa shape index (κ2) is 6.41. The van der Waals surface area contributed by atoms with Crippen LogP contribution in [0.5, 0.6) is 5.75 Å². The summed E-state index contributed by atoms with van der Waals surface area (Å²) in [5.74, 6) is 0.894. The van der Waals surface area contributed by atoms with E-state index in [0.717, 1.165) is 55.4 Å². The van der Waals surface area contributed by atoms with Crippen LogP contribution in [0.4, 0.5) is 0 Å². The molecule has 0 atom stereocenters. The average Bonchev–Trinajstić information content (AvgIpc) is 2.36. The first kappa shape index (κ1) is 13.7. The number of nitrogens with zero attached hydrogens (tertiary/aromatic N) is 1. The van der Waals surface area contributed by atoms with Crippen LogP contribution < -0.4 is 10.5 Å². The van der Waals surface area contributed by atoms with Crippen molar-refractivity contribution in [2.24, 2.45) is 5.73 Å². The predicted octanol–water partition coefficient (Wildman–Crippen LogP) is 2.45. The molecule has 3 nitrogen and oxygen atoms in total. The van der Waals surface area contributed by atoms with Gasteiger partial charge < -0.3 is 10.5 Å². The van der Waals surface area contributed by atoms with Gasteiger partial charge in [-0.2, -0.15) is 0 Å². The second-order valence-electron chi connectivity index (χ2n) is 4.94. The van der Waals surface area contributed by atoms with Crippen LogP contribution in [0.3, 0.4) is 0 Å². The lowest BCUT2D eigenvalue weighted by molar-refractivity contribution is 0.174. The van der Waals surface area contributed by atoms with Gasteiger partial charge in [-0.3, -0.25) is 4.90 Å². The lowest BCUT2D eigenvalue weighted by atomic mass is 10.1. The Balaban J connectivity index is 1.73. The Hall–Kier alpha value is -0.770. The zero-order valence-corrected chi connectivity index (χ0v) is 11.6. The lowest BCUT2D eigenvalue weighted by Gasteiger charge is -2.29. The molecule has 0 bridgehead atoms. The number of likely N-dealkylation sites (tertiary alicyclic amines) is 1. The quantitative estimate of drug-likeness (QED) is 0.912. The van der Waals surface area contributed by atoms with E-state index < -0.39 is 0 Å². The van der Waals surface area contributed by atoms with Crippen LogP contribution in [-0.4, -0.2) is 37.2 Å². The van der Waals surface area contributed by atoms with Gasteiger partial charge >= 0.3 is 0 Å². The van der Waals surface area contributed by atoms with Gasteiger partial charge in [0.25, 0.3) is 0 Å². The highest BCUT2D eigenvalue weighted by atomic mass is 35.5. The third-order valence-corrected chi connectivity index (χ3v) is 3.86. The van der Waals surface area contributed by atoms with E-state index in [1.165, 1.54) is 0 Å². The fourth-order valence-electron chi connectivity index (χ4n) is 2.18. The first-order valence-corrected chi connectivity index (χ1v) is 6.90. The number of benzene rings is 1. The van der Waals surface area contributed by atoms with Gasteiger partial charge in [0.1, 0.15) is 12.4 Å². The number of aryl methyl sites for hydroxylation is 1. The fourth-order valence-corrected chi connectivity index (χ4v) is 2.29. The van der Waals surface area contributed by atoms with Gasteiger partial charge in [0, 0.05) is 17.6 Å². The topological polar surface area (TPSA) is 38.5 Å². The summed E-state index contributed by atoms with van der Waals surface area (Å²) >= 11 is 5.97. The van der Waals surface area contributed by atoms with Crippen molar-refractivity contribution in [1.29, 1.82) is 0 Å². The summed E-state index contributed by atoms with van der Waals surface area (Å²) in [4.78, 5) is 2.41. The molecule has 0 aliphatic carbocycles. The van der Waals surface area contributed by atoms with E-state index >= 15 is 0 Å². The van der Waals surface area contributed by atoms with Crippen LogP contribution in [-0.2, 0) is 0 Å². The number of rotatable bonds is 4. The zero-order chi connectivity index (χ0) is 13.0. The molecule has 0 unspecified atom stereocenters. The highest BCUT2D eigenvalue weighted by Gasteiger charge is 2.15. The standard InChI is InChI=1S/C14H21ClN2O/c1-11-10-13(2-3-14(11)15)18-9-8-17-6-4-12(16)5-7-17/h2-3,10,12H,4-9,16H2,1H3. The van der Waals surface area contributed by atoms with Gasteiger partial charge in [-0.25, -0.2) is 0 Å². The van der Waals surface area contributed by atoms with Gasteiger partial charge in [-0.1, -0.05) is 11.6 Å². The molecular formula is C14H21ClN2O. The molecule has 1 fully saturated rings. The van der Waals surface area contributed by atoms with Crippen LogP contribution in [0.15, 0.2) is 18.2 Å². The summed E-state index contributed by atoms with van der Waals surface area (Å²) in [5, 5.41) is 0.785. The van der Waals surface area contributed by atoms with E-state index in [4.69, 9.17) is 22.1 Å². The summed E-state index contributed by atoms with van der Waals surface area (Å²) in [6.07, 6.45) is 2.19. The number of nitrogens with two attached hydrogens (primary N) is 1. The molecule has 0 amide bonds. The van der Waals surface area contributed by atoms with Gasteiger partial charge in [-0.15, -0.1) is 0 Å². The highest BCUT2D eigenvalue weighted by Crippen LogP contribution is 2.21. The molecular weight excluding hydrogens is 248 g/mol. The number of ether oxygens (including phenoxy) is 1. The van der Waals surface area contributed by atoms with Crippen LogP contribution in [0.2, 0.25) is 5.02 Å². The Morgan fingerprint density at radius 2 is 2.11 bits per heavy atom. The Bertz CT molecular complexity index is 389. The van der Waals surface area contributed by atoms with Crippen LogP contribution in [0.25, 0.3) is 0 Å². The van der Waals surface area contributed by atoms with E-state index in [2.05, 4.69) is 4.90 Å². The van der Waals surface area contributed by atoms with Crippen molar-refractivity contribution in [2.45, 2.75) is 25.8 Å². The Morgan fingerprint density at radius 1 is 1.39 bits per heavy atom. The van der Waals surface area contributed by atoms with E-state index in [1.54, 1.807) is 0 Å². The molecule has 0 aromatic heterocycles. The van der Waals surface area contributed by atoms with Crippen LogP contribution >= 0.6 is 11.6 Å². The molecule has 2 rings (SSSR count). The molecule has 2 N–H and O–H groups in total. The normalized spacial score (nSPS) is 17.9. The minimum absolute atomic E-state index is 0.390. The highest BCUT2D eigenvalue weighted by molar-refractivity contribution is 6.31. The van der Waals surface area contributed by atoms with Crippen molar-refractivity contribution in [3.8, 4) is 5.75 Å². The molecule has 1 aromatic carbocycles. The van der Waals surface area contributed by atoms with Crippen LogP contribution in [0, 0.1) is 6.92 Å². The van der Waals surface area contributed by atoms with Crippen molar-refractivity contribution in [3.63, 3.8) is 0 Å². The van der Waals surface area contributed by atoms with E-state index in [-0.39, 0.29) is 0 Å². The van der Waals surface area contributed by atoms with Gasteiger partial charge in [0.15, 0.2) is 0 Å². The van der Waals surface area contributed by atoms with Gasteiger partial charge in [-0.05, 0) is 56.6 Å². The fraction of sp³-hybridized carbons (Fsp3) is 0.571. The summed E-state index contributed by atoms with van der Waals surface area (Å²) in [6, 6.07) is 6.17. The summed E-state index contributed by atoms with van der Waals surface area (Å²) < 4.78 is 5.74. The molecule has 1 aromatic rings. The van der Waals surface area contributed by atoms with Crippen molar-refractivity contribution in [3.05, 3.63) is 28.8 Å². The number of hydrogen-bond acceptors (Lipinski definition) is 3. The van der Waals surface area contributed by atoms with E-state index in [1.807, 2.05) is 25.1 Å². The Kier molecular flexibility index (Phi) is 4.87. The second-order valence-corrected chi connectivity index (χ2v) is 5.35. The van der Waals surface area contributed by atoms with Crippen molar-refractivity contribution in [2.75, 3.05) is 26.2 Å². The largest absolute Gasteiger partial charge is 0.492 e. The van der Waals surface area contributed by atoms with E-state index in [9.17, 15) is 0 Å². The zero-order valence-electron chi connectivity index (χ0n) is 10.9. The minimum atomic E-state index is 0.390. The molecule has 1 heterocycles. The summed E-state index contributed by atoms with van der Waals surface area (Å²) in [6.45, 7) is 5.85. The van der Waals surface area contributed by atoms with E-state index in [0.29, 0.717) is 6.04 Å². The van der Waals surface area contributed by atoms with Gasteiger partial charge in [0.2, 0.25) is 0 Å². The maximum Gasteiger partial charge on any atom is 0.119 e. The lowest BCUT2D eigenvalue weighted by Crippen LogP contribution is -2.41. The van der Waals surface area contributed by atoms with Gasteiger partial charge in [0.05, 0.1) is 0 Å². The van der Waals surface area contributed by atoms with Crippen molar-refractivity contribution < 1.29 is 4.74 Å². The molecule has 1 saturated heterocycles. The first-order chi connectivity index (χ1) is 8.65. The molecule has 0 radical (unpaired) electrons. The van der Waals surface area contributed by atoms with Crippen molar-refractivity contribution >= 4 is 11.6 Å². The number of halogens is 1. The Labute approximate surface area is 114 Å². The SMILES string of the molecule is Cc1cc(OCCN2CCC(N)CC2)ccc1Cl.